The van der Waals surface area contributed by atoms with Crippen molar-refractivity contribution in [2.45, 2.75) is 26.7 Å². The van der Waals surface area contributed by atoms with Gasteiger partial charge in [-0.15, -0.1) is 0 Å². The molecule has 0 aliphatic heterocycles. The van der Waals surface area contributed by atoms with E-state index in [4.69, 9.17) is 5.73 Å². The van der Waals surface area contributed by atoms with E-state index in [9.17, 15) is 4.79 Å². The summed E-state index contributed by atoms with van der Waals surface area (Å²) in [6, 6.07) is 5.91. The van der Waals surface area contributed by atoms with Crippen LogP contribution in [-0.4, -0.2) is 19.9 Å². The van der Waals surface area contributed by atoms with E-state index in [-0.39, 0.29) is 5.78 Å². The molecule has 1 aromatic rings. The summed E-state index contributed by atoms with van der Waals surface area (Å²) >= 11 is 0. The molecule has 0 bridgehead atoms. The predicted molar refractivity (Wildman–Crippen MR) is 69.6 cm³/mol. The molecule has 0 spiro atoms. The Morgan fingerprint density at radius 3 is 2.44 bits per heavy atom. The zero-order valence-electron chi connectivity index (χ0n) is 10.6. The summed E-state index contributed by atoms with van der Waals surface area (Å²) in [5, 5.41) is 2.75. The second kappa shape index (κ2) is 7.88. The van der Waals surface area contributed by atoms with Crippen LogP contribution in [0.15, 0.2) is 18.2 Å². The van der Waals surface area contributed by atoms with Crippen molar-refractivity contribution in [1.82, 2.24) is 5.32 Å². The number of carbonyl (C=O) groups excluding carboxylic acids is 1. The SMILES string of the molecule is CC(=O)CCc1cc(C)ccc1N.CNC. The van der Waals surface area contributed by atoms with E-state index >= 15 is 0 Å². The van der Waals surface area contributed by atoms with Gasteiger partial charge in [-0.05, 0) is 46.0 Å². The normalized spacial score (nSPS) is 9.25. The molecular weight excluding hydrogens is 200 g/mol. The fourth-order valence-corrected chi connectivity index (χ4v) is 1.26. The third kappa shape index (κ3) is 6.19. The molecule has 0 aliphatic carbocycles. The standard InChI is InChI=1S/C11H15NO.C2H7N/c1-8-3-6-11(12)10(7-8)5-4-9(2)13;1-3-2/h3,6-7H,4-5,12H2,1-2H3;3H,1-2H3. The van der Waals surface area contributed by atoms with Gasteiger partial charge in [-0.25, -0.2) is 0 Å². The third-order valence-electron chi connectivity index (χ3n) is 2.04. The quantitative estimate of drug-likeness (QED) is 0.768. The number of carbonyl (C=O) groups is 1. The lowest BCUT2D eigenvalue weighted by Crippen LogP contribution is -1.98. The molecule has 0 aromatic heterocycles. The van der Waals surface area contributed by atoms with Crippen LogP contribution in [-0.2, 0) is 11.2 Å². The van der Waals surface area contributed by atoms with Gasteiger partial charge in [-0.2, -0.15) is 0 Å². The number of hydrogen-bond donors (Lipinski definition) is 2. The van der Waals surface area contributed by atoms with E-state index < -0.39 is 0 Å². The summed E-state index contributed by atoms with van der Waals surface area (Å²) in [5.74, 6) is 0.209. The van der Waals surface area contributed by atoms with Crippen LogP contribution in [0.1, 0.15) is 24.5 Å². The van der Waals surface area contributed by atoms with Crippen LogP contribution in [0.2, 0.25) is 0 Å². The average Bonchev–Trinajstić information content (AvgIpc) is 2.20. The molecule has 0 fully saturated rings. The average molecular weight is 222 g/mol. The van der Waals surface area contributed by atoms with E-state index in [2.05, 4.69) is 5.32 Å². The number of nitrogens with one attached hydrogen (secondary N) is 1. The van der Waals surface area contributed by atoms with Crippen molar-refractivity contribution >= 4 is 11.5 Å². The van der Waals surface area contributed by atoms with E-state index in [1.807, 2.05) is 39.2 Å². The van der Waals surface area contributed by atoms with Gasteiger partial charge >= 0.3 is 0 Å². The fourth-order valence-electron chi connectivity index (χ4n) is 1.26. The highest BCUT2D eigenvalue weighted by Gasteiger charge is 2.01. The van der Waals surface area contributed by atoms with Gasteiger partial charge in [0.1, 0.15) is 5.78 Å². The highest BCUT2D eigenvalue weighted by Crippen LogP contribution is 2.15. The molecule has 3 heteroatoms. The molecule has 0 atom stereocenters. The molecule has 3 nitrogen and oxygen atoms in total. The smallest absolute Gasteiger partial charge is 0.130 e. The lowest BCUT2D eigenvalue weighted by Gasteiger charge is -2.04. The van der Waals surface area contributed by atoms with Crippen molar-refractivity contribution in [3.63, 3.8) is 0 Å². The summed E-state index contributed by atoms with van der Waals surface area (Å²) in [6.45, 7) is 3.63. The lowest BCUT2D eigenvalue weighted by molar-refractivity contribution is -0.116. The van der Waals surface area contributed by atoms with E-state index in [0.717, 1.165) is 17.7 Å². The molecule has 0 saturated heterocycles. The van der Waals surface area contributed by atoms with Crippen molar-refractivity contribution in [3.8, 4) is 0 Å². The number of anilines is 1. The van der Waals surface area contributed by atoms with Crippen LogP contribution < -0.4 is 11.1 Å². The molecule has 0 amide bonds. The first kappa shape index (κ1) is 14.6. The van der Waals surface area contributed by atoms with Crippen molar-refractivity contribution in [2.24, 2.45) is 0 Å². The zero-order valence-corrected chi connectivity index (χ0v) is 10.6. The molecule has 0 radical (unpaired) electrons. The van der Waals surface area contributed by atoms with Gasteiger partial charge in [-0.3, -0.25) is 0 Å². The van der Waals surface area contributed by atoms with Crippen molar-refractivity contribution in [3.05, 3.63) is 29.3 Å². The Balaban J connectivity index is 0.000000673. The van der Waals surface area contributed by atoms with E-state index in [0.29, 0.717) is 6.42 Å². The molecule has 0 aliphatic rings. The number of benzene rings is 1. The molecule has 0 unspecified atom stereocenters. The van der Waals surface area contributed by atoms with Crippen molar-refractivity contribution in [2.75, 3.05) is 19.8 Å². The summed E-state index contributed by atoms with van der Waals surface area (Å²) in [6.07, 6.45) is 1.33. The number of nitrogens with two attached hydrogens (primary N) is 1. The maximum Gasteiger partial charge on any atom is 0.130 e. The zero-order chi connectivity index (χ0) is 12.6. The minimum atomic E-state index is 0.209. The maximum absolute atomic E-state index is 10.8. The Morgan fingerprint density at radius 1 is 1.38 bits per heavy atom. The highest BCUT2D eigenvalue weighted by molar-refractivity contribution is 5.76. The second-order valence-electron chi connectivity index (χ2n) is 3.90. The van der Waals surface area contributed by atoms with Gasteiger partial charge in [0.15, 0.2) is 0 Å². The molecule has 0 saturated carbocycles. The largest absolute Gasteiger partial charge is 0.399 e. The minimum Gasteiger partial charge on any atom is -0.399 e. The van der Waals surface area contributed by atoms with Crippen LogP contribution in [0.5, 0.6) is 0 Å². The van der Waals surface area contributed by atoms with Gasteiger partial charge in [0.05, 0.1) is 0 Å². The Labute approximate surface area is 98.0 Å². The Bertz CT molecular complexity index is 335. The molecule has 3 N–H and O–H groups in total. The highest BCUT2D eigenvalue weighted by atomic mass is 16.1. The van der Waals surface area contributed by atoms with Crippen LogP contribution in [0, 0.1) is 6.92 Å². The predicted octanol–water partition coefficient (Wildman–Crippen LogP) is 1.93. The van der Waals surface area contributed by atoms with Gasteiger partial charge in [-0.1, -0.05) is 17.7 Å². The third-order valence-corrected chi connectivity index (χ3v) is 2.04. The van der Waals surface area contributed by atoms with Crippen LogP contribution >= 0.6 is 0 Å². The van der Waals surface area contributed by atoms with E-state index in [1.165, 1.54) is 5.56 Å². The molecule has 1 rings (SSSR count). The first-order valence-corrected chi connectivity index (χ1v) is 5.44. The van der Waals surface area contributed by atoms with Crippen LogP contribution in [0.3, 0.4) is 0 Å². The number of ketones is 1. The Morgan fingerprint density at radius 2 is 1.94 bits per heavy atom. The van der Waals surface area contributed by atoms with Crippen LogP contribution in [0.4, 0.5) is 5.69 Å². The first-order valence-electron chi connectivity index (χ1n) is 5.44. The molecule has 16 heavy (non-hydrogen) atoms. The van der Waals surface area contributed by atoms with Gasteiger partial charge in [0.25, 0.3) is 0 Å². The molecule has 90 valence electrons. The summed E-state index contributed by atoms with van der Waals surface area (Å²) < 4.78 is 0. The van der Waals surface area contributed by atoms with Gasteiger partial charge in [0.2, 0.25) is 0 Å². The molecule has 1 aromatic carbocycles. The van der Waals surface area contributed by atoms with Crippen molar-refractivity contribution in [1.29, 1.82) is 0 Å². The van der Waals surface area contributed by atoms with E-state index in [1.54, 1.807) is 6.92 Å². The minimum absolute atomic E-state index is 0.209. The van der Waals surface area contributed by atoms with Crippen molar-refractivity contribution < 1.29 is 4.79 Å². The number of nitrogen functional groups attached to an aromatic ring is 1. The fraction of sp³-hybridized carbons (Fsp3) is 0.462. The topological polar surface area (TPSA) is 55.1 Å². The van der Waals surface area contributed by atoms with Gasteiger partial charge < -0.3 is 15.8 Å². The molecular formula is C13H22N2O. The summed E-state index contributed by atoms with van der Waals surface area (Å²) in [5.41, 5.74) is 8.82. The Kier molecular flexibility index (Phi) is 7.21. The number of Topliss-reactive ketones (excluding diaryl/α,β-unsaturated/α-hetero) is 1. The maximum atomic E-state index is 10.8. The number of hydrogen-bond acceptors (Lipinski definition) is 3. The number of rotatable bonds is 3. The number of aryl methyl sites for hydroxylation is 2. The summed E-state index contributed by atoms with van der Waals surface area (Å²) in [7, 11) is 3.75. The van der Waals surface area contributed by atoms with Gasteiger partial charge in [0, 0.05) is 12.1 Å². The monoisotopic (exact) mass is 222 g/mol. The lowest BCUT2D eigenvalue weighted by atomic mass is 10.0. The first-order chi connectivity index (χ1) is 7.51. The summed E-state index contributed by atoms with van der Waals surface area (Å²) in [4.78, 5) is 10.8. The second-order valence-corrected chi connectivity index (χ2v) is 3.90. The Hall–Kier alpha value is -1.35. The molecule has 0 heterocycles. The van der Waals surface area contributed by atoms with Crippen LogP contribution in [0.25, 0.3) is 0 Å².